The number of alkyl halides is 3. The van der Waals surface area contributed by atoms with E-state index in [-0.39, 0.29) is 52.3 Å². The van der Waals surface area contributed by atoms with Crippen LogP contribution in [-0.4, -0.2) is 74.8 Å². The van der Waals surface area contributed by atoms with Crippen molar-refractivity contribution in [3.63, 3.8) is 0 Å². The SMILES string of the molecule is COc1ccc(Cn2c(C)nc3cc(C(F)(F)F)c(C(C)Nc4cc5sc(C(=O)N6C[C@@H](C)O[C@@H](C)C6)nc5cn4)nc3c2=O)cc1OC. The van der Waals surface area contributed by atoms with Crippen molar-refractivity contribution in [2.45, 2.75) is 58.7 Å². The van der Waals surface area contributed by atoms with Crippen LogP contribution in [0.25, 0.3) is 21.3 Å². The highest BCUT2D eigenvalue weighted by Gasteiger charge is 2.37. The zero-order chi connectivity index (χ0) is 35.2. The van der Waals surface area contributed by atoms with Crippen molar-refractivity contribution in [3.8, 4) is 11.5 Å². The zero-order valence-electron chi connectivity index (χ0n) is 27.6. The number of methoxy groups -OCH3 is 2. The first-order valence-corrected chi connectivity index (χ1v) is 16.2. The molecule has 1 aliphatic rings. The third kappa shape index (κ3) is 6.87. The van der Waals surface area contributed by atoms with Gasteiger partial charge in [0, 0.05) is 13.1 Å². The summed E-state index contributed by atoms with van der Waals surface area (Å²) in [5.74, 6) is 1.22. The molecule has 1 fully saturated rings. The van der Waals surface area contributed by atoms with Gasteiger partial charge in [0.25, 0.3) is 11.5 Å². The molecule has 6 rings (SSSR count). The smallest absolute Gasteiger partial charge is 0.418 e. The van der Waals surface area contributed by atoms with E-state index >= 15 is 0 Å². The lowest BCUT2D eigenvalue weighted by atomic mass is 10.1. The van der Waals surface area contributed by atoms with Crippen LogP contribution < -0.4 is 20.3 Å². The van der Waals surface area contributed by atoms with E-state index in [2.05, 4.69) is 25.3 Å². The van der Waals surface area contributed by atoms with Crippen LogP contribution in [-0.2, 0) is 17.5 Å². The number of carbonyl (C=O) groups is 1. The molecule has 5 heterocycles. The second-order valence-electron chi connectivity index (χ2n) is 11.9. The maximum atomic E-state index is 14.4. The van der Waals surface area contributed by atoms with Gasteiger partial charge >= 0.3 is 6.18 Å². The van der Waals surface area contributed by atoms with Crippen molar-refractivity contribution in [2.24, 2.45) is 0 Å². The maximum Gasteiger partial charge on any atom is 0.418 e. The Kier molecular flexibility index (Phi) is 9.19. The lowest BCUT2D eigenvalue weighted by Crippen LogP contribution is -2.48. The van der Waals surface area contributed by atoms with Crippen LogP contribution in [0.15, 0.2) is 41.3 Å². The van der Waals surface area contributed by atoms with Crippen LogP contribution in [0.3, 0.4) is 0 Å². The first-order valence-electron chi connectivity index (χ1n) is 15.4. The Morgan fingerprint density at radius 2 is 1.78 bits per heavy atom. The molecule has 3 atom stereocenters. The van der Waals surface area contributed by atoms with Crippen molar-refractivity contribution in [2.75, 3.05) is 32.6 Å². The fraction of sp³-hybridized carbons (Fsp3) is 0.394. The van der Waals surface area contributed by atoms with Crippen LogP contribution in [0, 0.1) is 6.92 Å². The summed E-state index contributed by atoms with van der Waals surface area (Å²) in [7, 11) is 3.00. The van der Waals surface area contributed by atoms with Gasteiger partial charge in [0.1, 0.15) is 17.2 Å². The van der Waals surface area contributed by atoms with Crippen molar-refractivity contribution < 1.29 is 32.2 Å². The van der Waals surface area contributed by atoms with Crippen LogP contribution in [0.2, 0.25) is 0 Å². The quantitative estimate of drug-likeness (QED) is 0.218. The van der Waals surface area contributed by atoms with E-state index in [0.717, 1.165) is 6.07 Å². The summed E-state index contributed by atoms with van der Waals surface area (Å²) < 4.78 is 61.5. The average molecular weight is 698 g/mol. The molecule has 0 bridgehead atoms. The molecule has 0 saturated carbocycles. The molecule has 0 radical (unpaired) electrons. The van der Waals surface area contributed by atoms with E-state index in [9.17, 15) is 22.8 Å². The minimum absolute atomic E-state index is 0.0761. The van der Waals surface area contributed by atoms with Gasteiger partial charge in [0.2, 0.25) is 0 Å². The van der Waals surface area contributed by atoms with E-state index in [1.165, 1.54) is 43.2 Å². The molecule has 0 aliphatic carbocycles. The summed E-state index contributed by atoms with van der Waals surface area (Å²) in [6.45, 7) is 7.82. The molecule has 0 spiro atoms. The molecule has 16 heteroatoms. The molecule has 1 aromatic carbocycles. The minimum Gasteiger partial charge on any atom is -0.493 e. The van der Waals surface area contributed by atoms with E-state index in [1.54, 1.807) is 36.1 Å². The summed E-state index contributed by atoms with van der Waals surface area (Å²) in [5, 5.41) is 3.27. The van der Waals surface area contributed by atoms with E-state index in [1.807, 2.05) is 13.8 Å². The molecule has 1 N–H and O–H groups in total. The lowest BCUT2D eigenvalue weighted by Gasteiger charge is -2.34. The zero-order valence-corrected chi connectivity index (χ0v) is 28.4. The Hall–Kier alpha value is -4.83. The van der Waals surface area contributed by atoms with Gasteiger partial charge in [-0.15, -0.1) is 11.3 Å². The number of thiazole rings is 1. The van der Waals surface area contributed by atoms with Gasteiger partial charge in [-0.3, -0.25) is 14.2 Å². The van der Waals surface area contributed by atoms with Crippen molar-refractivity contribution >= 4 is 44.3 Å². The number of anilines is 1. The molecule has 1 unspecified atom stereocenters. The summed E-state index contributed by atoms with van der Waals surface area (Å²) in [6, 6.07) is 6.61. The van der Waals surface area contributed by atoms with Gasteiger partial charge in [0.15, 0.2) is 22.0 Å². The molecule has 12 nitrogen and oxygen atoms in total. The Labute approximate surface area is 282 Å². The van der Waals surface area contributed by atoms with Crippen LogP contribution >= 0.6 is 11.3 Å². The third-order valence-corrected chi connectivity index (χ3v) is 9.19. The number of ether oxygens (including phenoxy) is 3. The van der Waals surface area contributed by atoms with Gasteiger partial charge in [-0.1, -0.05) is 6.07 Å². The molecule has 1 amide bonds. The number of aromatic nitrogens is 5. The standard InChI is InChI=1S/C33H34F3N7O5S/c1-16-13-42(14-17(2)48-16)32(45)30-40-23-12-37-27(11-26(23)49-30)38-18(3)28-21(33(34,35)36)10-22-29(41-28)31(44)43(19(4)39-22)15-20-7-8-24(46-5)25(9-20)47-6/h7-12,16-18H,13-15H2,1-6H3,(H,37,38)/t16-,17+,18?. The first kappa shape index (κ1) is 34.0. The molecule has 49 heavy (non-hydrogen) atoms. The number of aryl methyl sites for hydroxylation is 1. The number of carbonyl (C=O) groups excluding carboxylic acids is 1. The molecule has 258 valence electrons. The number of halogens is 3. The van der Waals surface area contributed by atoms with Crippen LogP contribution in [0.4, 0.5) is 19.0 Å². The number of amides is 1. The Morgan fingerprint density at radius 1 is 1.06 bits per heavy atom. The summed E-state index contributed by atoms with van der Waals surface area (Å²) in [6.07, 6.45) is -3.53. The number of hydrogen-bond donors (Lipinski definition) is 1. The van der Waals surface area contributed by atoms with Gasteiger partial charge < -0.3 is 24.4 Å². The fourth-order valence-corrected chi connectivity index (χ4v) is 6.89. The number of nitrogens with one attached hydrogen (secondary N) is 1. The monoisotopic (exact) mass is 697 g/mol. The Morgan fingerprint density at radius 3 is 2.45 bits per heavy atom. The average Bonchev–Trinajstić information content (AvgIpc) is 3.48. The molecule has 1 aliphatic heterocycles. The molecule has 5 aromatic rings. The third-order valence-electron chi connectivity index (χ3n) is 8.19. The highest BCUT2D eigenvalue weighted by molar-refractivity contribution is 7.20. The number of nitrogens with zero attached hydrogens (tertiary/aromatic N) is 6. The summed E-state index contributed by atoms with van der Waals surface area (Å²) in [4.78, 5) is 46.0. The summed E-state index contributed by atoms with van der Waals surface area (Å²) >= 11 is 1.17. The first-order chi connectivity index (χ1) is 23.2. The number of morpholine rings is 1. The maximum absolute atomic E-state index is 14.4. The van der Waals surface area contributed by atoms with E-state index in [0.29, 0.717) is 40.4 Å². The van der Waals surface area contributed by atoms with Gasteiger partial charge in [-0.2, -0.15) is 13.2 Å². The Bertz CT molecular complexity index is 2110. The lowest BCUT2D eigenvalue weighted by molar-refractivity contribution is -0.138. The number of benzene rings is 1. The highest BCUT2D eigenvalue weighted by atomic mass is 32.1. The second-order valence-corrected chi connectivity index (χ2v) is 12.9. The van der Waals surface area contributed by atoms with Gasteiger partial charge in [0.05, 0.1) is 66.7 Å². The topological polar surface area (TPSA) is 134 Å². The normalized spacial score (nSPS) is 17.4. The van der Waals surface area contributed by atoms with Crippen molar-refractivity contribution in [1.29, 1.82) is 0 Å². The number of hydrogen-bond acceptors (Lipinski definition) is 11. The molecular weight excluding hydrogens is 663 g/mol. The predicted molar refractivity (Wildman–Crippen MR) is 178 cm³/mol. The second kappa shape index (κ2) is 13.2. The van der Waals surface area contributed by atoms with E-state index in [4.69, 9.17) is 14.2 Å². The number of rotatable bonds is 8. The molecule has 4 aromatic heterocycles. The number of fused-ring (bicyclic) bond motifs is 2. The van der Waals surface area contributed by atoms with Crippen molar-refractivity contribution in [3.05, 3.63) is 74.5 Å². The minimum atomic E-state index is -4.78. The molecular formula is C33H34F3N7O5S. The number of pyridine rings is 2. The van der Waals surface area contributed by atoms with Gasteiger partial charge in [-0.05, 0) is 57.5 Å². The van der Waals surface area contributed by atoms with Crippen molar-refractivity contribution in [1.82, 2.24) is 29.4 Å². The summed E-state index contributed by atoms with van der Waals surface area (Å²) in [5.41, 5.74) is -1.21. The van der Waals surface area contributed by atoms with Gasteiger partial charge in [-0.25, -0.2) is 19.9 Å². The largest absolute Gasteiger partial charge is 0.493 e. The van der Waals surface area contributed by atoms with E-state index < -0.39 is 29.0 Å². The molecule has 1 saturated heterocycles. The predicted octanol–water partition coefficient (Wildman–Crippen LogP) is 5.61. The van der Waals surface area contributed by atoms with Crippen LogP contribution in [0.1, 0.15) is 59.3 Å². The fourth-order valence-electron chi connectivity index (χ4n) is 5.95. The van der Waals surface area contributed by atoms with Crippen LogP contribution in [0.5, 0.6) is 11.5 Å². The Balaban J connectivity index is 1.32. The highest BCUT2D eigenvalue weighted by Crippen LogP contribution is 2.36.